The number of methoxy groups -OCH3 is 1. The van der Waals surface area contributed by atoms with Crippen molar-refractivity contribution in [1.29, 1.82) is 0 Å². The molecule has 0 fully saturated rings. The predicted molar refractivity (Wildman–Crippen MR) is 64.0 cm³/mol. The van der Waals surface area contributed by atoms with Crippen molar-refractivity contribution in [2.45, 2.75) is 19.9 Å². The summed E-state index contributed by atoms with van der Waals surface area (Å²) in [7, 11) is 1.42. The number of ether oxygens (including phenoxy) is 1. The molecule has 0 aliphatic carbocycles. The second kappa shape index (κ2) is 6.28. The largest absolute Gasteiger partial charge is 0.469 e. The van der Waals surface area contributed by atoms with Crippen molar-refractivity contribution in [3.8, 4) is 0 Å². The molecule has 1 aromatic rings. The first-order valence-corrected chi connectivity index (χ1v) is 5.51. The lowest BCUT2D eigenvalue weighted by Gasteiger charge is -2.16. The average molecular weight is 221 g/mol. The van der Waals surface area contributed by atoms with E-state index in [1.165, 1.54) is 12.7 Å². The van der Waals surface area contributed by atoms with Crippen molar-refractivity contribution < 1.29 is 9.53 Å². The van der Waals surface area contributed by atoms with Gasteiger partial charge in [0.2, 0.25) is 0 Å². The van der Waals surface area contributed by atoms with Crippen LogP contribution in [-0.2, 0) is 9.53 Å². The number of hydrogen-bond donors (Lipinski definition) is 1. The molecule has 88 valence electrons. The molecule has 0 amide bonds. The molecule has 3 nitrogen and oxygen atoms in total. The third-order valence-electron chi connectivity index (χ3n) is 2.63. The van der Waals surface area contributed by atoms with Gasteiger partial charge in [-0.1, -0.05) is 37.3 Å². The van der Waals surface area contributed by atoms with Gasteiger partial charge in [-0.15, -0.1) is 0 Å². The van der Waals surface area contributed by atoms with Crippen LogP contribution in [0.4, 0.5) is 0 Å². The summed E-state index contributed by atoms with van der Waals surface area (Å²) in [6.07, 6.45) is 0. The third-order valence-corrected chi connectivity index (χ3v) is 2.63. The van der Waals surface area contributed by atoms with Crippen molar-refractivity contribution in [3.63, 3.8) is 0 Å². The first-order valence-electron chi connectivity index (χ1n) is 5.51. The highest BCUT2D eigenvalue weighted by Crippen LogP contribution is 2.11. The first-order chi connectivity index (χ1) is 7.65. The van der Waals surface area contributed by atoms with Crippen LogP contribution in [0.25, 0.3) is 0 Å². The molecule has 0 aromatic heterocycles. The van der Waals surface area contributed by atoms with Gasteiger partial charge >= 0.3 is 5.97 Å². The summed E-state index contributed by atoms with van der Waals surface area (Å²) in [5.41, 5.74) is 1.22. The molecule has 0 unspecified atom stereocenters. The summed E-state index contributed by atoms with van der Waals surface area (Å²) in [6, 6.07) is 10.4. The Morgan fingerprint density at radius 1 is 1.31 bits per heavy atom. The van der Waals surface area contributed by atoms with Crippen LogP contribution in [0, 0.1) is 5.92 Å². The Bertz CT molecular complexity index is 324. The molecule has 0 spiro atoms. The minimum Gasteiger partial charge on any atom is -0.469 e. The molecular formula is C13H19NO2. The molecule has 0 saturated heterocycles. The molecule has 3 heteroatoms. The lowest BCUT2D eigenvalue weighted by Crippen LogP contribution is -2.29. The summed E-state index contributed by atoms with van der Waals surface area (Å²) in [4.78, 5) is 11.2. The summed E-state index contributed by atoms with van der Waals surface area (Å²) in [5.74, 6) is -0.288. The average Bonchev–Trinajstić information content (AvgIpc) is 2.35. The molecule has 0 aliphatic rings. The van der Waals surface area contributed by atoms with Crippen molar-refractivity contribution >= 4 is 5.97 Å². The number of carbonyl (C=O) groups is 1. The number of hydrogen-bond acceptors (Lipinski definition) is 3. The number of carbonyl (C=O) groups excluding carboxylic acids is 1. The predicted octanol–water partition coefficient (Wildman–Crippen LogP) is 2.15. The van der Waals surface area contributed by atoms with Crippen LogP contribution >= 0.6 is 0 Å². The maximum Gasteiger partial charge on any atom is 0.309 e. The number of esters is 1. The zero-order valence-electron chi connectivity index (χ0n) is 10.1. The first kappa shape index (κ1) is 12.7. The fourth-order valence-corrected chi connectivity index (χ4v) is 1.50. The van der Waals surface area contributed by atoms with Gasteiger partial charge in [-0.2, -0.15) is 0 Å². The minimum absolute atomic E-state index is 0.115. The summed E-state index contributed by atoms with van der Waals surface area (Å²) < 4.78 is 4.67. The van der Waals surface area contributed by atoms with E-state index in [-0.39, 0.29) is 17.9 Å². The lowest BCUT2D eigenvalue weighted by molar-refractivity contribution is -0.144. The monoisotopic (exact) mass is 221 g/mol. The van der Waals surface area contributed by atoms with Crippen LogP contribution in [0.2, 0.25) is 0 Å². The Morgan fingerprint density at radius 2 is 1.94 bits per heavy atom. The molecule has 0 aliphatic heterocycles. The molecule has 0 bridgehead atoms. The van der Waals surface area contributed by atoms with Gasteiger partial charge in [0.05, 0.1) is 13.0 Å². The fourth-order valence-electron chi connectivity index (χ4n) is 1.50. The van der Waals surface area contributed by atoms with E-state index < -0.39 is 0 Å². The van der Waals surface area contributed by atoms with E-state index in [1.807, 2.05) is 25.1 Å². The quantitative estimate of drug-likeness (QED) is 0.774. The molecule has 1 N–H and O–H groups in total. The van der Waals surface area contributed by atoms with Crippen molar-refractivity contribution in [3.05, 3.63) is 35.9 Å². The van der Waals surface area contributed by atoms with E-state index >= 15 is 0 Å². The van der Waals surface area contributed by atoms with Crippen LogP contribution in [0.3, 0.4) is 0 Å². The molecule has 16 heavy (non-hydrogen) atoms. The Labute approximate surface area is 96.8 Å². The van der Waals surface area contributed by atoms with E-state index in [9.17, 15) is 4.79 Å². The normalized spacial score (nSPS) is 14.2. The lowest BCUT2D eigenvalue weighted by atomic mass is 10.1. The van der Waals surface area contributed by atoms with Crippen molar-refractivity contribution in [2.75, 3.05) is 13.7 Å². The summed E-state index contributed by atoms with van der Waals surface area (Å²) in [5, 5.41) is 3.31. The molecule has 0 saturated carbocycles. The van der Waals surface area contributed by atoms with Gasteiger partial charge in [0.15, 0.2) is 0 Å². The second-order valence-electron chi connectivity index (χ2n) is 3.96. The smallest absolute Gasteiger partial charge is 0.309 e. The molecular weight excluding hydrogens is 202 g/mol. The zero-order valence-corrected chi connectivity index (χ0v) is 10.1. The standard InChI is InChI=1S/C13H19NO2/c1-10(13(15)16-3)9-14-11(2)12-7-5-4-6-8-12/h4-8,10-11,14H,9H2,1-3H3/t10-,11-/m1/s1. The topological polar surface area (TPSA) is 38.3 Å². The Balaban J connectivity index is 2.41. The molecule has 1 aromatic carbocycles. The molecule has 1 rings (SSSR count). The highest BCUT2D eigenvalue weighted by atomic mass is 16.5. The number of rotatable bonds is 5. The Morgan fingerprint density at radius 3 is 2.50 bits per heavy atom. The molecule has 0 radical (unpaired) electrons. The van der Waals surface area contributed by atoms with Gasteiger partial charge in [0.25, 0.3) is 0 Å². The maximum absolute atomic E-state index is 11.2. The van der Waals surface area contributed by atoms with Gasteiger partial charge in [0.1, 0.15) is 0 Å². The molecule has 2 atom stereocenters. The van der Waals surface area contributed by atoms with Gasteiger partial charge in [-0.05, 0) is 12.5 Å². The van der Waals surface area contributed by atoms with E-state index in [4.69, 9.17) is 0 Å². The Hall–Kier alpha value is -1.35. The van der Waals surface area contributed by atoms with Crippen LogP contribution in [0.5, 0.6) is 0 Å². The fraction of sp³-hybridized carbons (Fsp3) is 0.462. The van der Waals surface area contributed by atoms with Gasteiger partial charge in [-0.3, -0.25) is 4.79 Å². The number of nitrogens with one attached hydrogen (secondary N) is 1. The summed E-state index contributed by atoms with van der Waals surface area (Å²) >= 11 is 0. The van der Waals surface area contributed by atoms with Crippen molar-refractivity contribution in [1.82, 2.24) is 5.32 Å². The van der Waals surface area contributed by atoms with Gasteiger partial charge in [-0.25, -0.2) is 0 Å². The molecule has 0 heterocycles. The van der Waals surface area contributed by atoms with Crippen LogP contribution in [-0.4, -0.2) is 19.6 Å². The van der Waals surface area contributed by atoms with Gasteiger partial charge in [0, 0.05) is 12.6 Å². The summed E-state index contributed by atoms with van der Waals surface area (Å²) in [6.45, 7) is 4.57. The third kappa shape index (κ3) is 3.66. The van der Waals surface area contributed by atoms with Crippen LogP contribution in [0.1, 0.15) is 25.5 Å². The second-order valence-corrected chi connectivity index (χ2v) is 3.96. The van der Waals surface area contributed by atoms with E-state index in [0.717, 1.165) is 0 Å². The van der Waals surface area contributed by atoms with Crippen LogP contribution in [0.15, 0.2) is 30.3 Å². The minimum atomic E-state index is -0.173. The van der Waals surface area contributed by atoms with E-state index in [1.54, 1.807) is 0 Å². The van der Waals surface area contributed by atoms with Crippen LogP contribution < -0.4 is 5.32 Å². The van der Waals surface area contributed by atoms with Crippen molar-refractivity contribution in [2.24, 2.45) is 5.92 Å². The highest BCUT2D eigenvalue weighted by Gasteiger charge is 2.14. The SMILES string of the molecule is COC(=O)[C@H](C)CN[C@H](C)c1ccccc1. The highest BCUT2D eigenvalue weighted by molar-refractivity contribution is 5.72. The zero-order chi connectivity index (χ0) is 12.0. The maximum atomic E-state index is 11.2. The van der Waals surface area contributed by atoms with Gasteiger partial charge < -0.3 is 10.1 Å². The van der Waals surface area contributed by atoms with E-state index in [0.29, 0.717) is 6.54 Å². The number of benzene rings is 1. The Kier molecular flexibility index (Phi) is 4.99. The van der Waals surface area contributed by atoms with E-state index in [2.05, 4.69) is 29.1 Å².